The van der Waals surface area contributed by atoms with Gasteiger partial charge in [0.25, 0.3) is 0 Å². The van der Waals surface area contributed by atoms with Gasteiger partial charge in [0, 0.05) is 24.6 Å². The number of hydrogen-bond acceptors (Lipinski definition) is 3. The SMILES string of the molecule is NCC(O)c1c(F)cc(F)c2c1OCC2. The Hall–Kier alpha value is -1.20. The Kier molecular flexibility index (Phi) is 2.58. The number of nitrogens with two attached hydrogens (primary N) is 1. The van der Waals surface area contributed by atoms with E-state index in [0.29, 0.717) is 18.6 Å². The Morgan fingerprint density at radius 1 is 1.47 bits per heavy atom. The standard InChI is InChI=1S/C10H11F2NO2/c11-6-3-7(12)9(8(14)4-13)10-5(6)1-2-15-10/h3,8,14H,1-2,4,13H2. The first-order valence-corrected chi connectivity index (χ1v) is 4.67. The topological polar surface area (TPSA) is 55.5 Å². The Morgan fingerprint density at radius 3 is 2.87 bits per heavy atom. The maximum Gasteiger partial charge on any atom is 0.135 e. The zero-order chi connectivity index (χ0) is 11.0. The first-order chi connectivity index (χ1) is 7.15. The van der Waals surface area contributed by atoms with Crippen molar-refractivity contribution in [3.8, 4) is 5.75 Å². The lowest BCUT2D eigenvalue weighted by Crippen LogP contribution is -2.14. The lowest BCUT2D eigenvalue weighted by molar-refractivity contribution is 0.176. The smallest absolute Gasteiger partial charge is 0.135 e. The summed E-state index contributed by atoms with van der Waals surface area (Å²) >= 11 is 0. The van der Waals surface area contributed by atoms with Gasteiger partial charge in [0.1, 0.15) is 17.4 Å². The van der Waals surface area contributed by atoms with E-state index in [-0.39, 0.29) is 17.9 Å². The zero-order valence-electron chi connectivity index (χ0n) is 7.96. The fraction of sp³-hybridized carbons (Fsp3) is 0.400. The predicted octanol–water partition coefficient (Wildman–Crippen LogP) is 0.892. The van der Waals surface area contributed by atoms with Crippen LogP contribution in [0.5, 0.6) is 5.75 Å². The van der Waals surface area contributed by atoms with Gasteiger partial charge in [0.05, 0.1) is 18.3 Å². The average Bonchev–Trinajstić information content (AvgIpc) is 2.66. The highest BCUT2D eigenvalue weighted by molar-refractivity contribution is 5.47. The average molecular weight is 215 g/mol. The lowest BCUT2D eigenvalue weighted by atomic mass is 10.0. The van der Waals surface area contributed by atoms with Crippen molar-refractivity contribution in [1.29, 1.82) is 0 Å². The van der Waals surface area contributed by atoms with Crippen molar-refractivity contribution in [3.05, 3.63) is 28.8 Å². The van der Waals surface area contributed by atoms with Crippen LogP contribution in [0.2, 0.25) is 0 Å². The molecule has 1 heterocycles. The van der Waals surface area contributed by atoms with Gasteiger partial charge in [-0.05, 0) is 0 Å². The normalized spacial score (nSPS) is 16.0. The maximum atomic E-state index is 13.4. The largest absolute Gasteiger partial charge is 0.492 e. The highest BCUT2D eigenvalue weighted by atomic mass is 19.1. The maximum absolute atomic E-state index is 13.4. The fourth-order valence-corrected chi connectivity index (χ4v) is 1.74. The van der Waals surface area contributed by atoms with Gasteiger partial charge in [-0.3, -0.25) is 0 Å². The molecule has 1 aromatic carbocycles. The van der Waals surface area contributed by atoms with Crippen LogP contribution in [0.4, 0.5) is 8.78 Å². The lowest BCUT2D eigenvalue weighted by Gasteiger charge is -2.14. The van der Waals surface area contributed by atoms with Crippen LogP contribution < -0.4 is 10.5 Å². The van der Waals surface area contributed by atoms with Crippen LogP contribution in [0.1, 0.15) is 17.2 Å². The summed E-state index contributed by atoms with van der Waals surface area (Å²) in [7, 11) is 0. The quantitative estimate of drug-likeness (QED) is 0.770. The Balaban J connectivity index is 2.59. The van der Waals surface area contributed by atoms with E-state index in [1.54, 1.807) is 0 Å². The van der Waals surface area contributed by atoms with Crippen molar-refractivity contribution in [2.75, 3.05) is 13.2 Å². The summed E-state index contributed by atoms with van der Waals surface area (Å²) in [5, 5.41) is 9.50. The summed E-state index contributed by atoms with van der Waals surface area (Å²) < 4.78 is 31.8. The predicted molar refractivity (Wildman–Crippen MR) is 49.6 cm³/mol. The summed E-state index contributed by atoms with van der Waals surface area (Å²) in [4.78, 5) is 0. The van der Waals surface area contributed by atoms with Crippen molar-refractivity contribution in [2.24, 2.45) is 5.73 Å². The summed E-state index contributed by atoms with van der Waals surface area (Å²) in [6.07, 6.45) is -0.761. The van der Waals surface area contributed by atoms with Crippen molar-refractivity contribution in [3.63, 3.8) is 0 Å². The highest BCUT2D eigenvalue weighted by Gasteiger charge is 2.27. The molecular formula is C10H11F2NO2. The third-order valence-electron chi connectivity index (χ3n) is 2.47. The number of rotatable bonds is 2. The summed E-state index contributed by atoms with van der Waals surface area (Å²) in [5.74, 6) is -1.33. The van der Waals surface area contributed by atoms with Gasteiger partial charge >= 0.3 is 0 Å². The van der Waals surface area contributed by atoms with E-state index in [9.17, 15) is 13.9 Å². The van der Waals surface area contributed by atoms with Gasteiger partial charge in [-0.2, -0.15) is 0 Å². The van der Waals surface area contributed by atoms with E-state index in [4.69, 9.17) is 10.5 Å². The Morgan fingerprint density at radius 2 is 2.20 bits per heavy atom. The van der Waals surface area contributed by atoms with Crippen molar-refractivity contribution in [2.45, 2.75) is 12.5 Å². The first-order valence-electron chi connectivity index (χ1n) is 4.67. The molecule has 0 bridgehead atoms. The molecule has 1 aromatic rings. The molecule has 0 saturated heterocycles. The second-order valence-corrected chi connectivity index (χ2v) is 3.41. The molecule has 3 nitrogen and oxygen atoms in total. The summed E-state index contributed by atoms with van der Waals surface area (Å²) in [6.45, 7) is 0.179. The summed E-state index contributed by atoms with van der Waals surface area (Å²) in [5.41, 5.74) is 5.52. The molecule has 0 aromatic heterocycles. The van der Waals surface area contributed by atoms with E-state index in [1.165, 1.54) is 0 Å². The molecular weight excluding hydrogens is 204 g/mol. The van der Waals surface area contributed by atoms with Crippen molar-refractivity contribution in [1.82, 2.24) is 0 Å². The third-order valence-corrected chi connectivity index (χ3v) is 2.47. The molecule has 15 heavy (non-hydrogen) atoms. The van der Waals surface area contributed by atoms with Gasteiger partial charge in [-0.15, -0.1) is 0 Å². The number of halogens is 2. The Labute approximate surface area is 85.5 Å². The van der Waals surface area contributed by atoms with Gasteiger partial charge in [0.15, 0.2) is 0 Å². The minimum Gasteiger partial charge on any atom is -0.492 e. The second-order valence-electron chi connectivity index (χ2n) is 3.41. The van der Waals surface area contributed by atoms with E-state index in [2.05, 4.69) is 0 Å². The van der Waals surface area contributed by atoms with Gasteiger partial charge in [0.2, 0.25) is 0 Å². The molecule has 1 atom stereocenters. The van der Waals surface area contributed by atoms with E-state index >= 15 is 0 Å². The van der Waals surface area contributed by atoms with Crippen LogP contribution in [0.15, 0.2) is 6.07 Å². The third kappa shape index (κ3) is 1.57. The van der Waals surface area contributed by atoms with Gasteiger partial charge in [-0.25, -0.2) is 8.78 Å². The van der Waals surface area contributed by atoms with Crippen LogP contribution in [0.3, 0.4) is 0 Å². The fourth-order valence-electron chi connectivity index (χ4n) is 1.74. The van der Waals surface area contributed by atoms with Crippen LogP contribution in [-0.4, -0.2) is 18.3 Å². The number of aliphatic hydroxyl groups excluding tert-OH is 1. The van der Waals surface area contributed by atoms with Crippen LogP contribution in [0, 0.1) is 11.6 Å². The molecule has 5 heteroatoms. The Bertz CT molecular complexity index is 395. The van der Waals surface area contributed by atoms with Gasteiger partial charge in [-0.1, -0.05) is 0 Å². The van der Waals surface area contributed by atoms with Crippen molar-refractivity contribution >= 4 is 0 Å². The van der Waals surface area contributed by atoms with E-state index < -0.39 is 17.7 Å². The molecule has 0 amide bonds. The molecule has 0 saturated carbocycles. The second kappa shape index (κ2) is 3.75. The molecule has 0 fully saturated rings. The van der Waals surface area contributed by atoms with Crippen LogP contribution in [0.25, 0.3) is 0 Å². The molecule has 1 unspecified atom stereocenters. The molecule has 0 spiro atoms. The number of hydrogen-bond donors (Lipinski definition) is 2. The molecule has 1 aliphatic rings. The number of fused-ring (bicyclic) bond motifs is 1. The molecule has 0 aliphatic carbocycles. The molecule has 82 valence electrons. The minimum atomic E-state index is -1.16. The van der Waals surface area contributed by atoms with Gasteiger partial charge < -0.3 is 15.6 Å². The van der Waals surface area contributed by atoms with Crippen LogP contribution >= 0.6 is 0 Å². The van der Waals surface area contributed by atoms with E-state index in [1.807, 2.05) is 0 Å². The number of benzene rings is 1. The highest BCUT2D eigenvalue weighted by Crippen LogP contribution is 2.36. The minimum absolute atomic E-state index is 0.0357. The number of ether oxygens (including phenoxy) is 1. The monoisotopic (exact) mass is 215 g/mol. The van der Waals surface area contributed by atoms with Crippen LogP contribution in [-0.2, 0) is 6.42 Å². The van der Waals surface area contributed by atoms with E-state index in [0.717, 1.165) is 6.07 Å². The zero-order valence-corrected chi connectivity index (χ0v) is 7.96. The summed E-state index contributed by atoms with van der Waals surface area (Å²) in [6, 6.07) is 0.766. The molecule has 2 rings (SSSR count). The molecule has 0 radical (unpaired) electrons. The first kappa shape index (κ1) is 10.3. The van der Waals surface area contributed by atoms with Crippen molar-refractivity contribution < 1.29 is 18.6 Å². The molecule has 3 N–H and O–H groups in total. The molecule has 1 aliphatic heterocycles. The number of aliphatic hydroxyl groups is 1.